The number of hydrogen-bond acceptors (Lipinski definition) is 2. The minimum absolute atomic E-state index is 0.380. The van der Waals surface area contributed by atoms with Crippen molar-refractivity contribution in [3.63, 3.8) is 0 Å². The van der Waals surface area contributed by atoms with Gasteiger partial charge in [0.05, 0.1) is 6.10 Å². The molecular weight excluding hydrogens is 270 g/mol. The average Bonchev–Trinajstić information content (AvgIpc) is 2.46. The molecule has 3 heteroatoms. The van der Waals surface area contributed by atoms with Gasteiger partial charge in [0.2, 0.25) is 0 Å². The molecule has 0 radical (unpaired) electrons. The van der Waals surface area contributed by atoms with Crippen LogP contribution in [-0.4, -0.2) is 29.6 Å². The van der Waals surface area contributed by atoms with Crippen molar-refractivity contribution in [3.8, 4) is 0 Å². The highest BCUT2D eigenvalue weighted by Gasteiger charge is 2.21. The van der Waals surface area contributed by atoms with Crippen LogP contribution in [0, 0.1) is 11.8 Å². The van der Waals surface area contributed by atoms with Gasteiger partial charge in [-0.1, -0.05) is 37.6 Å². The average molecular weight is 296 g/mol. The van der Waals surface area contributed by atoms with Crippen molar-refractivity contribution < 1.29 is 5.11 Å². The Bertz CT molecular complexity index is 396. The zero-order valence-corrected chi connectivity index (χ0v) is 13.3. The van der Waals surface area contributed by atoms with E-state index in [-0.39, 0.29) is 6.10 Å². The molecule has 1 aromatic rings. The van der Waals surface area contributed by atoms with Gasteiger partial charge in [-0.15, -0.1) is 0 Å². The summed E-state index contributed by atoms with van der Waals surface area (Å²) in [5.74, 6) is 1.68. The normalized spacial score (nSPS) is 19.4. The molecule has 1 aliphatic rings. The first-order chi connectivity index (χ1) is 9.56. The van der Waals surface area contributed by atoms with Gasteiger partial charge in [-0.2, -0.15) is 0 Å². The Kier molecular flexibility index (Phi) is 5.88. The molecule has 1 atom stereocenters. The zero-order valence-electron chi connectivity index (χ0n) is 12.6. The molecule has 0 aromatic heterocycles. The summed E-state index contributed by atoms with van der Waals surface area (Å²) in [6.07, 6.45) is 3.02. The van der Waals surface area contributed by atoms with E-state index in [2.05, 4.69) is 18.7 Å². The smallest absolute Gasteiger partial charge is 0.0802 e. The molecule has 1 fully saturated rings. The largest absolute Gasteiger partial charge is 0.388 e. The van der Waals surface area contributed by atoms with Gasteiger partial charge < -0.3 is 10.0 Å². The second-order valence-electron chi connectivity index (χ2n) is 6.28. The van der Waals surface area contributed by atoms with Crippen LogP contribution < -0.4 is 0 Å². The number of nitrogens with zero attached hydrogens (tertiary/aromatic N) is 1. The van der Waals surface area contributed by atoms with Gasteiger partial charge in [-0.25, -0.2) is 0 Å². The SMILES string of the molecule is CC(C)C1CCN(CCC(O)c2ccc(Cl)cc2)CC1. The minimum Gasteiger partial charge on any atom is -0.388 e. The first-order valence-electron chi connectivity index (χ1n) is 7.72. The van der Waals surface area contributed by atoms with Crippen LogP contribution in [0.15, 0.2) is 24.3 Å². The number of piperidine rings is 1. The van der Waals surface area contributed by atoms with E-state index in [4.69, 9.17) is 11.6 Å². The number of benzene rings is 1. The van der Waals surface area contributed by atoms with Crippen molar-refractivity contribution >= 4 is 11.6 Å². The summed E-state index contributed by atoms with van der Waals surface area (Å²) in [4.78, 5) is 2.48. The molecule has 0 aliphatic carbocycles. The highest BCUT2D eigenvalue weighted by Crippen LogP contribution is 2.25. The molecule has 1 aromatic carbocycles. The van der Waals surface area contributed by atoms with Crippen LogP contribution in [0.2, 0.25) is 5.02 Å². The Morgan fingerprint density at radius 2 is 1.80 bits per heavy atom. The van der Waals surface area contributed by atoms with Gasteiger partial charge in [-0.3, -0.25) is 0 Å². The topological polar surface area (TPSA) is 23.5 Å². The van der Waals surface area contributed by atoms with E-state index in [1.807, 2.05) is 24.3 Å². The van der Waals surface area contributed by atoms with E-state index in [0.29, 0.717) is 0 Å². The summed E-state index contributed by atoms with van der Waals surface area (Å²) in [5.41, 5.74) is 0.964. The van der Waals surface area contributed by atoms with Crippen LogP contribution in [0.3, 0.4) is 0 Å². The van der Waals surface area contributed by atoms with Crippen molar-refractivity contribution in [1.29, 1.82) is 0 Å². The second-order valence-corrected chi connectivity index (χ2v) is 6.72. The first-order valence-corrected chi connectivity index (χ1v) is 8.10. The van der Waals surface area contributed by atoms with Gasteiger partial charge >= 0.3 is 0 Å². The minimum atomic E-state index is -0.380. The van der Waals surface area contributed by atoms with Crippen LogP contribution in [0.5, 0.6) is 0 Å². The molecule has 1 aliphatic heterocycles. The molecule has 20 heavy (non-hydrogen) atoms. The van der Waals surface area contributed by atoms with Crippen molar-refractivity contribution in [2.75, 3.05) is 19.6 Å². The fraction of sp³-hybridized carbons (Fsp3) is 0.647. The maximum absolute atomic E-state index is 10.2. The molecule has 0 saturated carbocycles. The number of rotatable bonds is 5. The molecule has 112 valence electrons. The predicted molar refractivity (Wildman–Crippen MR) is 85.0 cm³/mol. The van der Waals surface area contributed by atoms with Gasteiger partial charge in [0.25, 0.3) is 0 Å². The maximum Gasteiger partial charge on any atom is 0.0802 e. The molecule has 1 N–H and O–H groups in total. The van der Waals surface area contributed by atoms with E-state index in [1.54, 1.807) is 0 Å². The van der Waals surface area contributed by atoms with Crippen molar-refractivity contribution in [2.24, 2.45) is 11.8 Å². The van der Waals surface area contributed by atoms with Crippen LogP contribution in [0.25, 0.3) is 0 Å². The Labute approximate surface area is 127 Å². The third kappa shape index (κ3) is 4.47. The Morgan fingerprint density at radius 1 is 1.20 bits per heavy atom. The number of aliphatic hydroxyl groups is 1. The third-order valence-electron chi connectivity index (χ3n) is 4.55. The highest BCUT2D eigenvalue weighted by molar-refractivity contribution is 6.30. The molecule has 1 heterocycles. The van der Waals surface area contributed by atoms with Crippen molar-refractivity contribution in [3.05, 3.63) is 34.9 Å². The molecule has 1 saturated heterocycles. The lowest BCUT2D eigenvalue weighted by molar-refractivity contribution is 0.114. The van der Waals surface area contributed by atoms with Gasteiger partial charge in [0.15, 0.2) is 0 Å². The lowest BCUT2D eigenvalue weighted by Crippen LogP contribution is -2.36. The number of halogens is 1. The van der Waals surface area contributed by atoms with Crippen LogP contribution in [0.4, 0.5) is 0 Å². The standard InChI is InChI=1S/C17H26ClNO/c1-13(2)14-7-10-19(11-8-14)12-9-17(20)15-3-5-16(18)6-4-15/h3-6,13-14,17,20H,7-12H2,1-2H3. The maximum atomic E-state index is 10.2. The summed E-state index contributed by atoms with van der Waals surface area (Å²) >= 11 is 5.86. The fourth-order valence-electron chi connectivity index (χ4n) is 3.00. The summed E-state index contributed by atoms with van der Waals surface area (Å²) < 4.78 is 0. The number of aliphatic hydroxyl groups excluding tert-OH is 1. The van der Waals surface area contributed by atoms with Crippen molar-refractivity contribution in [1.82, 2.24) is 4.90 Å². The van der Waals surface area contributed by atoms with E-state index in [0.717, 1.165) is 35.4 Å². The lowest BCUT2D eigenvalue weighted by Gasteiger charge is -2.34. The van der Waals surface area contributed by atoms with E-state index < -0.39 is 0 Å². The molecule has 2 nitrogen and oxygen atoms in total. The Balaban J connectivity index is 1.74. The number of hydrogen-bond donors (Lipinski definition) is 1. The Hall–Kier alpha value is -0.570. The highest BCUT2D eigenvalue weighted by atomic mass is 35.5. The molecule has 0 bridgehead atoms. The summed E-state index contributed by atoms with van der Waals surface area (Å²) in [7, 11) is 0. The first kappa shape index (κ1) is 15.8. The van der Waals surface area contributed by atoms with Crippen LogP contribution in [0.1, 0.15) is 44.8 Å². The second kappa shape index (κ2) is 7.44. The molecule has 2 rings (SSSR count). The summed E-state index contributed by atoms with van der Waals surface area (Å²) in [5, 5.41) is 10.9. The predicted octanol–water partition coefficient (Wildman–Crippen LogP) is 4.13. The molecular formula is C17H26ClNO. The quantitative estimate of drug-likeness (QED) is 0.883. The van der Waals surface area contributed by atoms with Gasteiger partial charge in [0.1, 0.15) is 0 Å². The Morgan fingerprint density at radius 3 is 2.35 bits per heavy atom. The fourth-order valence-corrected chi connectivity index (χ4v) is 3.13. The number of likely N-dealkylation sites (tertiary alicyclic amines) is 1. The molecule has 0 amide bonds. The van der Waals surface area contributed by atoms with Crippen LogP contribution >= 0.6 is 11.6 Å². The van der Waals surface area contributed by atoms with E-state index in [1.165, 1.54) is 25.9 Å². The van der Waals surface area contributed by atoms with Gasteiger partial charge in [0, 0.05) is 11.6 Å². The van der Waals surface area contributed by atoms with E-state index >= 15 is 0 Å². The van der Waals surface area contributed by atoms with Crippen LogP contribution in [-0.2, 0) is 0 Å². The zero-order chi connectivity index (χ0) is 14.5. The monoisotopic (exact) mass is 295 g/mol. The summed E-state index contributed by atoms with van der Waals surface area (Å²) in [6, 6.07) is 7.51. The van der Waals surface area contributed by atoms with Gasteiger partial charge in [-0.05, 0) is 61.9 Å². The molecule has 0 spiro atoms. The lowest BCUT2D eigenvalue weighted by atomic mass is 9.86. The third-order valence-corrected chi connectivity index (χ3v) is 4.80. The molecule has 1 unspecified atom stereocenters. The van der Waals surface area contributed by atoms with E-state index in [9.17, 15) is 5.11 Å². The van der Waals surface area contributed by atoms with Crippen molar-refractivity contribution in [2.45, 2.75) is 39.2 Å². The summed E-state index contributed by atoms with van der Waals surface area (Å²) in [6.45, 7) is 7.98.